The van der Waals surface area contributed by atoms with Crippen molar-refractivity contribution in [1.82, 2.24) is 5.32 Å². The van der Waals surface area contributed by atoms with Gasteiger partial charge in [0.2, 0.25) is 0 Å². The molecule has 1 fully saturated rings. The number of piperidine rings is 1. The van der Waals surface area contributed by atoms with Crippen LogP contribution in [0.2, 0.25) is 0 Å². The van der Waals surface area contributed by atoms with Gasteiger partial charge in [0.25, 0.3) is 5.91 Å². The number of carbonyl (C=O) groups is 1. The minimum atomic E-state index is -0.369. The normalized spacial score (nSPS) is 18.8. The van der Waals surface area contributed by atoms with Crippen LogP contribution in [0, 0.1) is 0 Å². The Balaban J connectivity index is 2.35. The predicted octanol–water partition coefficient (Wildman–Crippen LogP) is 2.52. The second-order valence-corrected chi connectivity index (χ2v) is 6.13. The van der Waals surface area contributed by atoms with Crippen LogP contribution in [0.1, 0.15) is 36.5 Å². The highest BCUT2D eigenvalue weighted by molar-refractivity contribution is 9.10. The topological polar surface area (TPSA) is 58.4 Å². The number of rotatable bonds is 5. The zero-order valence-electron chi connectivity index (χ0n) is 11.9. The summed E-state index contributed by atoms with van der Waals surface area (Å²) in [7, 11) is 0. The Kier molecular flexibility index (Phi) is 5.43. The van der Waals surface area contributed by atoms with Gasteiger partial charge in [-0.05, 0) is 44.0 Å². The molecular weight excluding hydrogens is 318 g/mol. The fourth-order valence-corrected chi connectivity index (χ4v) is 3.16. The van der Waals surface area contributed by atoms with Crippen molar-refractivity contribution in [2.75, 3.05) is 24.5 Å². The highest BCUT2D eigenvalue weighted by Crippen LogP contribution is 2.28. The second kappa shape index (κ2) is 7.09. The van der Waals surface area contributed by atoms with E-state index in [2.05, 4.69) is 33.1 Å². The van der Waals surface area contributed by atoms with Crippen molar-refractivity contribution in [3.05, 3.63) is 28.2 Å². The van der Waals surface area contributed by atoms with E-state index in [-0.39, 0.29) is 5.91 Å². The molecule has 5 heteroatoms. The maximum Gasteiger partial charge on any atom is 0.250 e. The maximum atomic E-state index is 11.7. The minimum absolute atomic E-state index is 0.369. The molecule has 1 aromatic rings. The first-order valence-corrected chi connectivity index (χ1v) is 7.99. The van der Waals surface area contributed by atoms with Crippen LogP contribution in [0.5, 0.6) is 0 Å². The van der Waals surface area contributed by atoms with Gasteiger partial charge in [-0.3, -0.25) is 4.79 Å². The molecule has 1 unspecified atom stereocenters. The van der Waals surface area contributed by atoms with E-state index in [1.807, 2.05) is 18.2 Å². The fourth-order valence-electron chi connectivity index (χ4n) is 2.80. The van der Waals surface area contributed by atoms with E-state index in [9.17, 15) is 4.79 Å². The zero-order chi connectivity index (χ0) is 14.5. The largest absolute Gasteiger partial charge is 0.367 e. The zero-order valence-corrected chi connectivity index (χ0v) is 13.4. The van der Waals surface area contributed by atoms with Crippen molar-refractivity contribution in [2.45, 2.75) is 32.2 Å². The van der Waals surface area contributed by atoms with Crippen molar-refractivity contribution in [3.8, 4) is 0 Å². The lowest BCUT2D eigenvalue weighted by Gasteiger charge is -2.37. The SMILES string of the molecule is CCCN(c1ccc(Br)cc1C(N)=O)C1CCCNC1. The Bertz CT molecular complexity index is 472. The molecule has 110 valence electrons. The number of primary amides is 1. The highest BCUT2D eigenvalue weighted by atomic mass is 79.9. The van der Waals surface area contributed by atoms with Crippen LogP contribution in [-0.2, 0) is 0 Å². The van der Waals surface area contributed by atoms with Gasteiger partial charge in [0, 0.05) is 29.3 Å². The molecule has 0 bridgehead atoms. The summed E-state index contributed by atoms with van der Waals surface area (Å²) in [5, 5.41) is 3.44. The molecule has 4 nitrogen and oxygen atoms in total. The Morgan fingerprint density at radius 2 is 2.35 bits per heavy atom. The van der Waals surface area contributed by atoms with Crippen LogP contribution in [0.15, 0.2) is 22.7 Å². The molecule has 1 aliphatic rings. The number of hydrogen-bond acceptors (Lipinski definition) is 3. The van der Waals surface area contributed by atoms with E-state index in [4.69, 9.17) is 5.73 Å². The maximum absolute atomic E-state index is 11.7. The number of halogens is 1. The van der Waals surface area contributed by atoms with Gasteiger partial charge in [0.15, 0.2) is 0 Å². The van der Waals surface area contributed by atoms with Crippen molar-refractivity contribution in [3.63, 3.8) is 0 Å². The number of benzene rings is 1. The lowest BCUT2D eigenvalue weighted by Crippen LogP contribution is -2.47. The lowest BCUT2D eigenvalue weighted by atomic mass is 10.0. The van der Waals surface area contributed by atoms with Crippen molar-refractivity contribution in [1.29, 1.82) is 0 Å². The van der Waals surface area contributed by atoms with Crippen molar-refractivity contribution >= 4 is 27.5 Å². The standard InChI is InChI=1S/C15H22BrN3O/c1-2-8-19(12-4-3-7-18-10-12)14-6-5-11(16)9-13(14)15(17)20/h5-6,9,12,18H,2-4,7-8,10H2,1H3,(H2,17,20). The molecule has 0 radical (unpaired) electrons. The predicted molar refractivity (Wildman–Crippen MR) is 86.2 cm³/mol. The van der Waals surface area contributed by atoms with E-state index in [0.29, 0.717) is 11.6 Å². The van der Waals surface area contributed by atoms with E-state index >= 15 is 0 Å². The van der Waals surface area contributed by atoms with E-state index in [1.165, 1.54) is 6.42 Å². The van der Waals surface area contributed by atoms with E-state index < -0.39 is 0 Å². The van der Waals surface area contributed by atoms with Gasteiger partial charge in [-0.25, -0.2) is 0 Å². The minimum Gasteiger partial charge on any atom is -0.367 e. The summed E-state index contributed by atoms with van der Waals surface area (Å²) in [4.78, 5) is 14.1. The Morgan fingerprint density at radius 1 is 1.55 bits per heavy atom. The number of nitrogens with one attached hydrogen (secondary N) is 1. The molecule has 1 amide bonds. The molecule has 20 heavy (non-hydrogen) atoms. The average Bonchev–Trinajstić information content (AvgIpc) is 2.46. The molecular formula is C15H22BrN3O. The summed E-state index contributed by atoms with van der Waals surface area (Å²) in [6.07, 6.45) is 3.37. The van der Waals surface area contributed by atoms with Gasteiger partial charge in [-0.2, -0.15) is 0 Å². The Morgan fingerprint density at radius 3 is 2.95 bits per heavy atom. The summed E-state index contributed by atoms with van der Waals surface area (Å²) in [6.45, 7) is 5.15. The third kappa shape index (κ3) is 3.52. The fraction of sp³-hybridized carbons (Fsp3) is 0.533. The molecule has 1 heterocycles. The number of nitrogens with zero attached hydrogens (tertiary/aromatic N) is 1. The summed E-state index contributed by atoms with van der Waals surface area (Å²) < 4.78 is 0.883. The number of anilines is 1. The number of amides is 1. The second-order valence-electron chi connectivity index (χ2n) is 5.22. The lowest BCUT2D eigenvalue weighted by molar-refractivity contribution is 0.100. The molecule has 0 aromatic heterocycles. The molecule has 1 aromatic carbocycles. The number of carbonyl (C=O) groups excluding carboxylic acids is 1. The van der Waals surface area contributed by atoms with Crippen LogP contribution in [0.25, 0.3) is 0 Å². The van der Waals surface area contributed by atoms with Gasteiger partial charge in [-0.1, -0.05) is 22.9 Å². The Hall–Kier alpha value is -1.07. The highest BCUT2D eigenvalue weighted by Gasteiger charge is 2.23. The average molecular weight is 340 g/mol. The summed E-state index contributed by atoms with van der Waals surface area (Å²) in [6, 6.07) is 6.22. The third-order valence-corrected chi connectivity index (χ3v) is 4.20. The first kappa shape index (κ1) is 15.3. The molecule has 3 N–H and O–H groups in total. The van der Waals surface area contributed by atoms with Gasteiger partial charge in [0.05, 0.1) is 5.56 Å². The summed E-state index contributed by atoms with van der Waals surface area (Å²) in [5.41, 5.74) is 7.10. The van der Waals surface area contributed by atoms with Gasteiger partial charge < -0.3 is 16.0 Å². The summed E-state index contributed by atoms with van der Waals surface area (Å²) in [5.74, 6) is -0.369. The Labute approximate surface area is 128 Å². The van der Waals surface area contributed by atoms with Crippen LogP contribution in [-0.4, -0.2) is 31.6 Å². The number of hydrogen-bond donors (Lipinski definition) is 2. The molecule has 1 aliphatic heterocycles. The van der Waals surface area contributed by atoms with Crippen LogP contribution in [0.3, 0.4) is 0 Å². The first-order valence-electron chi connectivity index (χ1n) is 7.20. The van der Waals surface area contributed by atoms with Crippen LogP contribution in [0.4, 0.5) is 5.69 Å². The molecule has 1 saturated heterocycles. The van der Waals surface area contributed by atoms with E-state index in [1.54, 1.807) is 0 Å². The molecule has 1 atom stereocenters. The third-order valence-electron chi connectivity index (χ3n) is 3.71. The quantitative estimate of drug-likeness (QED) is 0.866. The first-order chi connectivity index (χ1) is 9.63. The van der Waals surface area contributed by atoms with Crippen molar-refractivity contribution in [2.24, 2.45) is 5.73 Å². The van der Waals surface area contributed by atoms with Gasteiger partial charge in [0.1, 0.15) is 0 Å². The monoisotopic (exact) mass is 339 g/mol. The smallest absolute Gasteiger partial charge is 0.250 e. The summed E-state index contributed by atoms with van der Waals surface area (Å²) >= 11 is 3.41. The number of nitrogens with two attached hydrogens (primary N) is 1. The molecule has 0 saturated carbocycles. The van der Waals surface area contributed by atoms with Gasteiger partial charge in [-0.15, -0.1) is 0 Å². The van der Waals surface area contributed by atoms with Crippen LogP contribution < -0.4 is 16.0 Å². The van der Waals surface area contributed by atoms with Gasteiger partial charge >= 0.3 is 0 Å². The van der Waals surface area contributed by atoms with E-state index in [0.717, 1.165) is 42.6 Å². The molecule has 2 rings (SSSR count). The molecule has 0 aliphatic carbocycles. The molecule has 0 spiro atoms. The van der Waals surface area contributed by atoms with Crippen molar-refractivity contribution < 1.29 is 4.79 Å². The van der Waals surface area contributed by atoms with Crippen LogP contribution >= 0.6 is 15.9 Å².